The molecular weight excluding hydrogens is 229 g/mol. The standard InChI is InChI=1S/C7H5BrFNO2/c8-4-1-2-6(9)10-5(4)3-7(11)12/h1-2H,3H2,(H,11,12). The minimum absolute atomic E-state index is 0.197. The molecule has 1 aromatic rings. The van der Waals surface area contributed by atoms with Crippen molar-refractivity contribution in [2.45, 2.75) is 6.42 Å². The van der Waals surface area contributed by atoms with E-state index >= 15 is 0 Å². The number of aromatic nitrogens is 1. The molecule has 3 nitrogen and oxygen atoms in total. The summed E-state index contributed by atoms with van der Waals surface area (Å²) < 4.78 is 13.0. The van der Waals surface area contributed by atoms with E-state index in [0.717, 1.165) is 6.07 Å². The number of rotatable bonds is 2. The Balaban J connectivity index is 2.97. The monoisotopic (exact) mass is 233 g/mol. The molecule has 0 bridgehead atoms. The van der Waals surface area contributed by atoms with Gasteiger partial charge in [-0.25, -0.2) is 4.98 Å². The normalized spacial score (nSPS) is 9.83. The lowest BCUT2D eigenvalue weighted by Crippen LogP contribution is -2.04. The highest BCUT2D eigenvalue weighted by molar-refractivity contribution is 9.10. The second-order valence-electron chi connectivity index (χ2n) is 2.13. The highest BCUT2D eigenvalue weighted by atomic mass is 79.9. The summed E-state index contributed by atoms with van der Waals surface area (Å²) >= 11 is 3.07. The zero-order valence-corrected chi connectivity index (χ0v) is 7.51. The molecule has 1 aromatic heterocycles. The van der Waals surface area contributed by atoms with Crippen LogP contribution in [0.5, 0.6) is 0 Å². The van der Waals surface area contributed by atoms with Crippen LogP contribution in [0.15, 0.2) is 16.6 Å². The first-order chi connectivity index (χ1) is 5.59. The van der Waals surface area contributed by atoms with Crippen LogP contribution in [-0.4, -0.2) is 16.1 Å². The summed E-state index contributed by atoms with van der Waals surface area (Å²) in [5.41, 5.74) is 0.197. The topological polar surface area (TPSA) is 50.2 Å². The maximum absolute atomic E-state index is 12.5. The molecule has 64 valence electrons. The van der Waals surface area contributed by atoms with E-state index in [1.807, 2.05) is 0 Å². The van der Waals surface area contributed by atoms with E-state index < -0.39 is 11.9 Å². The minimum atomic E-state index is -1.03. The first-order valence-electron chi connectivity index (χ1n) is 3.12. The van der Waals surface area contributed by atoms with Crippen LogP contribution in [0.4, 0.5) is 4.39 Å². The summed E-state index contributed by atoms with van der Waals surface area (Å²) in [6.45, 7) is 0. The number of aliphatic carboxylic acids is 1. The summed E-state index contributed by atoms with van der Waals surface area (Å²) in [7, 11) is 0. The Bertz CT molecular complexity index is 316. The van der Waals surface area contributed by atoms with Crippen molar-refractivity contribution >= 4 is 21.9 Å². The van der Waals surface area contributed by atoms with E-state index in [4.69, 9.17) is 5.11 Å². The van der Waals surface area contributed by atoms with Gasteiger partial charge in [0.25, 0.3) is 0 Å². The summed E-state index contributed by atoms with van der Waals surface area (Å²) in [5, 5.41) is 8.40. The average molecular weight is 234 g/mol. The van der Waals surface area contributed by atoms with Gasteiger partial charge in [0, 0.05) is 4.47 Å². The number of halogens is 2. The number of carboxylic acid groups (broad SMARTS) is 1. The van der Waals surface area contributed by atoms with E-state index in [9.17, 15) is 9.18 Å². The molecule has 1 N–H and O–H groups in total. The molecule has 0 aliphatic heterocycles. The van der Waals surface area contributed by atoms with E-state index in [1.165, 1.54) is 6.07 Å². The molecule has 0 aliphatic carbocycles. The average Bonchev–Trinajstić information content (AvgIpc) is 1.96. The zero-order chi connectivity index (χ0) is 9.14. The van der Waals surface area contributed by atoms with Crippen molar-refractivity contribution < 1.29 is 14.3 Å². The Morgan fingerprint density at radius 2 is 2.33 bits per heavy atom. The third kappa shape index (κ3) is 2.27. The van der Waals surface area contributed by atoms with Crippen molar-refractivity contribution in [3.63, 3.8) is 0 Å². The Kier molecular flexibility index (Phi) is 2.75. The molecule has 0 radical (unpaired) electrons. The molecule has 0 atom stereocenters. The minimum Gasteiger partial charge on any atom is -0.481 e. The highest BCUT2D eigenvalue weighted by Gasteiger charge is 2.07. The number of nitrogens with zero attached hydrogens (tertiary/aromatic N) is 1. The van der Waals surface area contributed by atoms with Gasteiger partial charge >= 0.3 is 5.97 Å². The van der Waals surface area contributed by atoms with Crippen LogP contribution < -0.4 is 0 Å². The number of carboxylic acids is 1. The Morgan fingerprint density at radius 1 is 1.67 bits per heavy atom. The molecule has 0 amide bonds. The fraction of sp³-hybridized carbons (Fsp3) is 0.143. The van der Waals surface area contributed by atoms with Crippen LogP contribution in [-0.2, 0) is 11.2 Å². The molecular formula is C7H5BrFNO2. The zero-order valence-electron chi connectivity index (χ0n) is 5.92. The van der Waals surface area contributed by atoms with E-state index in [-0.39, 0.29) is 12.1 Å². The molecule has 0 aromatic carbocycles. The van der Waals surface area contributed by atoms with E-state index in [0.29, 0.717) is 4.47 Å². The van der Waals surface area contributed by atoms with Gasteiger partial charge in [-0.15, -0.1) is 0 Å². The van der Waals surface area contributed by atoms with Gasteiger partial charge in [0.2, 0.25) is 5.95 Å². The van der Waals surface area contributed by atoms with E-state index in [1.54, 1.807) is 0 Å². The molecule has 0 aliphatic rings. The van der Waals surface area contributed by atoms with Crippen LogP contribution in [0, 0.1) is 5.95 Å². The lowest BCUT2D eigenvalue weighted by molar-refractivity contribution is -0.136. The van der Waals surface area contributed by atoms with Crippen molar-refractivity contribution in [1.29, 1.82) is 0 Å². The van der Waals surface area contributed by atoms with Gasteiger partial charge < -0.3 is 5.11 Å². The molecule has 0 fully saturated rings. The van der Waals surface area contributed by atoms with Gasteiger partial charge in [-0.3, -0.25) is 4.79 Å². The molecule has 0 saturated heterocycles. The van der Waals surface area contributed by atoms with Crippen molar-refractivity contribution in [3.05, 3.63) is 28.2 Å². The lowest BCUT2D eigenvalue weighted by atomic mass is 10.3. The second kappa shape index (κ2) is 3.62. The summed E-state index contributed by atoms with van der Waals surface area (Å²) in [6, 6.07) is 2.59. The fourth-order valence-corrected chi connectivity index (χ4v) is 1.09. The fourth-order valence-electron chi connectivity index (χ4n) is 0.725. The largest absolute Gasteiger partial charge is 0.481 e. The number of pyridine rings is 1. The van der Waals surface area contributed by atoms with Crippen LogP contribution >= 0.6 is 15.9 Å². The van der Waals surface area contributed by atoms with Crippen LogP contribution in [0.3, 0.4) is 0 Å². The smallest absolute Gasteiger partial charge is 0.309 e. The Morgan fingerprint density at radius 3 is 2.92 bits per heavy atom. The van der Waals surface area contributed by atoms with Crippen molar-refractivity contribution in [2.24, 2.45) is 0 Å². The molecule has 0 saturated carbocycles. The first-order valence-corrected chi connectivity index (χ1v) is 3.91. The van der Waals surface area contributed by atoms with Crippen LogP contribution in [0.25, 0.3) is 0 Å². The summed E-state index contributed by atoms with van der Waals surface area (Å²) in [4.78, 5) is 13.7. The Labute approximate surface area is 76.4 Å². The van der Waals surface area contributed by atoms with Crippen LogP contribution in [0.1, 0.15) is 5.69 Å². The summed E-state index contributed by atoms with van der Waals surface area (Å²) in [5.74, 6) is -1.71. The van der Waals surface area contributed by atoms with Gasteiger partial charge in [-0.1, -0.05) is 0 Å². The van der Waals surface area contributed by atoms with Crippen molar-refractivity contribution in [1.82, 2.24) is 4.98 Å². The SMILES string of the molecule is O=C(O)Cc1nc(F)ccc1Br. The maximum Gasteiger partial charge on any atom is 0.309 e. The Hall–Kier alpha value is -0.970. The van der Waals surface area contributed by atoms with Gasteiger partial charge in [0.1, 0.15) is 0 Å². The van der Waals surface area contributed by atoms with Crippen molar-refractivity contribution in [3.8, 4) is 0 Å². The molecule has 12 heavy (non-hydrogen) atoms. The predicted molar refractivity (Wildman–Crippen MR) is 43.2 cm³/mol. The predicted octanol–water partition coefficient (Wildman–Crippen LogP) is 1.61. The first kappa shape index (κ1) is 9.12. The number of carbonyl (C=O) groups is 1. The second-order valence-corrected chi connectivity index (χ2v) is 2.99. The molecule has 0 unspecified atom stereocenters. The summed E-state index contributed by atoms with van der Waals surface area (Å²) in [6.07, 6.45) is -0.279. The van der Waals surface area contributed by atoms with Gasteiger partial charge in [-0.2, -0.15) is 4.39 Å². The molecule has 5 heteroatoms. The van der Waals surface area contributed by atoms with Gasteiger partial charge in [0.05, 0.1) is 12.1 Å². The van der Waals surface area contributed by atoms with E-state index in [2.05, 4.69) is 20.9 Å². The lowest BCUT2D eigenvalue weighted by Gasteiger charge is -1.98. The number of hydrogen-bond acceptors (Lipinski definition) is 2. The van der Waals surface area contributed by atoms with Crippen LogP contribution in [0.2, 0.25) is 0 Å². The molecule has 1 rings (SSSR count). The maximum atomic E-state index is 12.5. The highest BCUT2D eigenvalue weighted by Crippen LogP contribution is 2.14. The third-order valence-electron chi connectivity index (χ3n) is 1.20. The molecule has 0 spiro atoms. The molecule has 1 heterocycles. The van der Waals surface area contributed by atoms with Gasteiger partial charge in [0.15, 0.2) is 0 Å². The third-order valence-corrected chi connectivity index (χ3v) is 1.93. The van der Waals surface area contributed by atoms with Crippen molar-refractivity contribution in [2.75, 3.05) is 0 Å². The quantitative estimate of drug-likeness (QED) is 0.790. The number of hydrogen-bond donors (Lipinski definition) is 1. The van der Waals surface area contributed by atoms with Gasteiger partial charge in [-0.05, 0) is 28.1 Å².